The van der Waals surface area contributed by atoms with Gasteiger partial charge in [0.15, 0.2) is 5.17 Å². The van der Waals surface area contributed by atoms with E-state index in [-0.39, 0.29) is 5.91 Å². The molecule has 1 aliphatic heterocycles. The van der Waals surface area contributed by atoms with Crippen LogP contribution in [0.15, 0.2) is 107 Å². The second-order valence-corrected chi connectivity index (χ2v) is 10.2. The Balaban J connectivity index is 1.39. The van der Waals surface area contributed by atoms with Crippen LogP contribution in [0.1, 0.15) is 16.7 Å². The summed E-state index contributed by atoms with van der Waals surface area (Å²) in [6.45, 7) is 6.69. The highest BCUT2D eigenvalue weighted by Gasteiger charge is 2.33. The molecule has 0 spiro atoms. The van der Waals surface area contributed by atoms with Gasteiger partial charge in [0.25, 0.3) is 5.91 Å². The number of hydrogen-bond acceptors (Lipinski definition) is 6. The number of amidine groups is 1. The summed E-state index contributed by atoms with van der Waals surface area (Å²) in [5.74, 6) is 0.605. The number of benzene rings is 3. The minimum atomic E-state index is -0.114. The standard InChI is InChI=1S/C30H25N3O2S2/c1-3-17-33-28(34)27(37-30(33)32-29-31-25(20-36-29)23-9-5-4-6-10-23)18-24-11-7-8-12-26(24)35-19-22-15-13-21(2)14-16-22/h3-16,18,20H,1,17,19H2,2H3/b27-18-,32-30+. The Bertz CT molecular complexity index is 1470. The molecular weight excluding hydrogens is 498 g/mol. The zero-order chi connectivity index (χ0) is 25.6. The fourth-order valence-corrected chi connectivity index (χ4v) is 5.47. The normalized spacial score (nSPS) is 15.5. The largest absolute Gasteiger partial charge is 0.488 e. The lowest BCUT2D eigenvalue weighted by Gasteiger charge is -2.12. The molecule has 0 radical (unpaired) electrons. The molecule has 2 heterocycles. The van der Waals surface area contributed by atoms with Gasteiger partial charge in [-0.2, -0.15) is 4.99 Å². The fraction of sp³-hybridized carbons (Fsp3) is 0.100. The van der Waals surface area contributed by atoms with Crippen LogP contribution < -0.4 is 4.74 Å². The molecule has 0 bridgehead atoms. The molecule has 1 fully saturated rings. The summed E-state index contributed by atoms with van der Waals surface area (Å²) in [5.41, 5.74) is 5.03. The van der Waals surface area contributed by atoms with Crippen molar-refractivity contribution < 1.29 is 9.53 Å². The number of thioether (sulfide) groups is 1. The molecule has 1 aliphatic rings. The van der Waals surface area contributed by atoms with Gasteiger partial charge in [-0.1, -0.05) is 84.4 Å². The van der Waals surface area contributed by atoms with E-state index in [2.05, 4.69) is 42.8 Å². The Morgan fingerprint density at radius 2 is 1.78 bits per heavy atom. The highest BCUT2D eigenvalue weighted by molar-refractivity contribution is 8.18. The third-order valence-corrected chi connectivity index (χ3v) is 7.41. The van der Waals surface area contributed by atoms with Crippen molar-refractivity contribution in [3.05, 3.63) is 118 Å². The van der Waals surface area contributed by atoms with Crippen molar-refractivity contribution >= 4 is 45.4 Å². The molecule has 184 valence electrons. The molecule has 0 aliphatic carbocycles. The zero-order valence-corrected chi connectivity index (χ0v) is 22.0. The van der Waals surface area contributed by atoms with Crippen molar-refractivity contribution in [2.24, 2.45) is 4.99 Å². The molecule has 1 saturated heterocycles. The summed E-state index contributed by atoms with van der Waals surface area (Å²) in [6.07, 6.45) is 3.57. The van der Waals surface area contributed by atoms with Crippen LogP contribution in [-0.4, -0.2) is 27.5 Å². The van der Waals surface area contributed by atoms with Crippen molar-refractivity contribution in [3.8, 4) is 17.0 Å². The average molecular weight is 524 g/mol. The van der Waals surface area contributed by atoms with Gasteiger partial charge in [-0.3, -0.25) is 9.69 Å². The Morgan fingerprint density at radius 3 is 2.57 bits per heavy atom. The molecular formula is C30H25N3O2S2. The van der Waals surface area contributed by atoms with E-state index in [1.165, 1.54) is 28.7 Å². The zero-order valence-electron chi connectivity index (χ0n) is 20.3. The van der Waals surface area contributed by atoms with E-state index in [0.29, 0.717) is 28.4 Å². The van der Waals surface area contributed by atoms with E-state index in [4.69, 9.17) is 9.73 Å². The number of carbonyl (C=O) groups excluding carboxylic acids is 1. The third kappa shape index (κ3) is 5.90. The first-order valence-electron chi connectivity index (χ1n) is 11.8. The molecule has 5 rings (SSSR count). The summed E-state index contributed by atoms with van der Waals surface area (Å²) >= 11 is 2.79. The van der Waals surface area contributed by atoms with E-state index in [9.17, 15) is 4.79 Å². The van der Waals surface area contributed by atoms with Crippen LogP contribution in [0.4, 0.5) is 5.13 Å². The van der Waals surface area contributed by atoms with Crippen molar-refractivity contribution in [3.63, 3.8) is 0 Å². The predicted molar refractivity (Wildman–Crippen MR) is 154 cm³/mol. The number of hydrogen-bond donors (Lipinski definition) is 0. The quantitative estimate of drug-likeness (QED) is 0.177. The van der Waals surface area contributed by atoms with E-state index in [1.807, 2.05) is 66.1 Å². The maximum absolute atomic E-state index is 13.3. The van der Waals surface area contributed by atoms with Crippen molar-refractivity contribution in [1.82, 2.24) is 9.88 Å². The van der Waals surface area contributed by atoms with Gasteiger partial charge >= 0.3 is 0 Å². The van der Waals surface area contributed by atoms with Crippen LogP contribution >= 0.6 is 23.1 Å². The van der Waals surface area contributed by atoms with Gasteiger partial charge in [0.2, 0.25) is 5.13 Å². The van der Waals surface area contributed by atoms with E-state index >= 15 is 0 Å². The topological polar surface area (TPSA) is 54.8 Å². The highest BCUT2D eigenvalue weighted by atomic mass is 32.2. The number of amides is 1. The number of aryl methyl sites for hydroxylation is 1. The lowest BCUT2D eigenvalue weighted by Crippen LogP contribution is -2.29. The number of para-hydroxylation sites is 1. The van der Waals surface area contributed by atoms with Gasteiger partial charge in [-0.15, -0.1) is 17.9 Å². The van der Waals surface area contributed by atoms with Crippen LogP contribution in [0.25, 0.3) is 17.3 Å². The van der Waals surface area contributed by atoms with Crippen LogP contribution in [-0.2, 0) is 11.4 Å². The van der Waals surface area contributed by atoms with Crippen LogP contribution in [0.2, 0.25) is 0 Å². The number of carbonyl (C=O) groups is 1. The van der Waals surface area contributed by atoms with E-state index < -0.39 is 0 Å². The molecule has 7 heteroatoms. The second-order valence-electron chi connectivity index (χ2n) is 8.40. The second kappa shape index (κ2) is 11.4. The van der Waals surface area contributed by atoms with Crippen LogP contribution in [0.5, 0.6) is 5.75 Å². The maximum atomic E-state index is 13.3. The molecule has 5 nitrogen and oxygen atoms in total. The number of rotatable bonds is 8. The van der Waals surface area contributed by atoms with E-state index in [1.54, 1.807) is 11.0 Å². The average Bonchev–Trinajstić information content (AvgIpc) is 3.50. The lowest BCUT2D eigenvalue weighted by atomic mass is 10.1. The first-order valence-corrected chi connectivity index (χ1v) is 13.5. The molecule has 3 aromatic carbocycles. The smallest absolute Gasteiger partial charge is 0.267 e. The number of aromatic nitrogens is 1. The Labute approximate surface area is 224 Å². The summed E-state index contributed by atoms with van der Waals surface area (Å²) in [6, 6.07) is 26.0. The summed E-state index contributed by atoms with van der Waals surface area (Å²) < 4.78 is 6.12. The molecule has 0 atom stereocenters. The molecule has 37 heavy (non-hydrogen) atoms. The first kappa shape index (κ1) is 24.7. The summed E-state index contributed by atoms with van der Waals surface area (Å²) in [7, 11) is 0. The molecule has 1 amide bonds. The SMILES string of the molecule is C=CCN1C(=O)/C(=C/c2ccccc2OCc2ccc(C)cc2)S/C1=N/c1nc(-c2ccccc2)cs1. The minimum Gasteiger partial charge on any atom is -0.488 e. The predicted octanol–water partition coefficient (Wildman–Crippen LogP) is 7.49. The monoisotopic (exact) mass is 523 g/mol. The number of ether oxygens (including phenoxy) is 1. The van der Waals surface area contributed by atoms with Crippen molar-refractivity contribution in [1.29, 1.82) is 0 Å². The molecule has 0 unspecified atom stereocenters. The molecule has 4 aromatic rings. The summed E-state index contributed by atoms with van der Waals surface area (Å²) in [5, 5.41) is 3.17. The van der Waals surface area contributed by atoms with Gasteiger partial charge < -0.3 is 4.74 Å². The Hall–Kier alpha value is -3.94. The van der Waals surface area contributed by atoms with Crippen LogP contribution in [0.3, 0.4) is 0 Å². The van der Waals surface area contributed by atoms with Crippen molar-refractivity contribution in [2.45, 2.75) is 13.5 Å². The molecule has 1 aromatic heterocycles. The number of nitrogens with zero attached hydrogens (tertiary/aromatic N) is 3. The Kier molecular flexibility index (Phi) is 7.63. The fourth-order valence-electron chi connectivity index (χ4n) is 3.74. The molecule has 0 N–H and O–H groups in total. The minimum absolute atomic E-state index is 0.114. The van der Waals surface area contributed by atoms with Crippen LogP contribution in [0, 0.1) is 6.92 Å². The van der Waals surface area contributed by atoms with Gasteiger partial charge in [-0.05, 0) is 36.4 Å². The highest BCUT2D eigenvalue weighted by Crippen LogP contribution is 2.36. The number of thiazole rings is 1. The van der Waals surface area contributed by atoms with Gasteiger partial charge in [0.05, 0.1) is 10.6 Å². The maximum Gasteiger partial charge on any atom is 0.267 e. The lowest BCUT2D eigenvalue weighted by molar-refractivity contribution is -0.121. The molecule has 0 saturated carbocycles. The first-order chi connectivity index (χ1) is 18.1. The number of aliphatic imine (C=N–C) groups is 1. The van der Waals surface area contributed by atoms with Gasteiger partial charge in [0, 0.05) is 23.1 Å². The van der Waals surface area contributed by atoms with Crippen molar-refractivity contribution in [2.75, 3.05) is 6.54 Å². The summed E-state index contributed by atoms with van der Waals surface area (Å²) in [4.78, 5) is 24.9. The van der Waals surface area contributed by atoms with Gasteiger partial charge in [0.1, 0.15) is 12.4 Å². The third-order valence-electron chi connectivity index (χ3n) is 5.67. The Morgan fingerprint density at radius 1 is 1.03 bits per heavy atom. The van der Waals surface area contributed by atoms with Gasteiger partial charge in [-0.25, -0.2) is 4.98 Å². The van der Waals surface area contributed by atoms with E-state index in [0.717, 1.165) is 28.1 Å².